The van der Waals surface area contributed by atoms with Crippen LogP contribution >= 0.6 is 24.0 Å². The smallest absolute Gasteiger partial charge is 0.191 e. The van der Waals surface area contributed by atoms with E-state index in [2.05, 4.69) is 37.6 Å². The topological polar surface area (TPSA) is 61.8 Å². The van der Waals surface area contributed by atoms with Gasteiger partial charge < -0.3 is 20.3 Å². The minimum Gasteiger partial charge on any atom is -0.385 e. The van der Waals surface area contributed by atoms with Crippen molar-refractivity contribution in [3.8, 4) is 0 Å². The van der Waals surface area contributed by atoms with E-state index in [0.717, 1.165) is 51.0 Å². The molecule has 1 aliphatic carbocycles. The van der Waals surface area contributed by atoms with Crippen LogP contribution in [0.15, 0.2) is 23.3 Å². The maximum atomic E-state index is 5.35. The normalized spacial score (nSPS) is 19.1. The number of aliphatic imine (C=N–C) groups is 1. The highest BCUT2D eigenvalue weighted by molar-refractivity contribution is 14.0. The molecule has 1 saturated carbocycles. The van der Waals surface area contributed by atoms with Crippen molar-refractivity contribution in [2.75, 3.05) is 45.3 Å². The SMILES string of the molecule is CN=C(NCc1ccnc(N2CCCCCC2)c1)NCC1(CCOC)CCCC1.I. The fourth-order valence-electron chi connectivity index (χ4n) is 4.68. The number of aromatic nitrogens is 1. The van der Waals surface area contributed by atoms with E-state index in [1.807, 2.05) is 13.2 Å². The van der Waals surface area contributed by atoms with Crippen LogP contribution in [0.1, 0.15) is 63.4 Å². The fourth-order valence-corrected chi connectivity index (χ4v) is 4.68. The van der Waals surface area contributed by atoms with E-state index in [1.165, 1.54) is 56.9 Å². The summed E-state index contributed by atoms with van der Waals surface area (Å²) in [5, 5.41) is 7.06. The lowest BCUT2D eigenvalue weighted by atomic mass is 9.83. The number of nitrogens with one attached hydrogen (secondary N) is 2. The quantitative estimate of drug-likeness (QED) is 0.298. The molecular weight excluding hydrogens is 489 g/mol. The second-order valence-corrected chi connectivity index (χ2v) is 8.65. The first-order valence-corrected chi connectivity index (χ1v) is 11.4. The van der Waals surface area contributed by atoms with Crippen LogP contribution in [0.2, 0.25) is 0 Å². The molecule has 0 amide bonds. The first-order chi connectivity index (χ1) is 14.2. The molecule has 1 aromatic heterocycles. The third kappa shape index (κ3) is 7.55. The lowest BCUT2D eigenvalue weighted by molar-refractivity contribution is 0.138. The molecule has 0 aromatic carbocycles. The van der Waals surface area contributed by atoms with Gasteiger partial charge in [0.05, 0.1) is 0 Å². The van der Waals surface area contributed by atoms with Crippen LogP contribution in [0.3, 0.4) is 0 Å². The molecule has 2 fully saturated rings. The monoisotopic (exact) mass is 529 g/mol. The Bertz CT molecular complexity index is 640. The first kappa shape index (κ1) is 25.2. The van der Waals surface area contributed by atoms with Gasteiger partial charge in [-0.3, -0.25) is 4.99 Å². The van der Waals surface area contributed by atoms with E-state index in [0.29, 0.717) is 5.41 Å². The van der Waals surface area contributed by atoms with Crippen molar-refractivity contribution >= 4 is 35.8 Å². The van der Waals surface area contributed by atoms with Crippen molar-refractivity contribution in [3.05, 3.63) is 23.9 Å². The zero-order valence-electron chi connectivity index (χ0n) is 18.8. The number of ether oxygens (including phenoxy) is 1. The Kier molecular flexibility index (Phi) is 11.2. The Morgan fingerprint density at radius 3 is 2.53 bits per heavy atom. The molecule has 1 aliphatic heterocycles. The molecule has 1 saturated heterocycles. The number of hydrogen-bond donors (Lipinski definition) is 2. The molecule has 7 heteroatoms. The van der Waals surface area contributed by atoms with E-state index in [-0.39, 0.29) is 24.0 Å². The number of nitrogens with zero attached hydrogens (tertiary/aromatic N) is 3. The zero-order chi connectivity index (χ0) is 20.4. The van der Waals surface area contributed by atoms with Gasteiger partial charge in [-0.2, -0.15) is 0 Å². The van der Waals surface area contributed by atoms with Gasteiger partial charge in [0.15, 0.2) is 5.96 Å². The maximum Gasteiger partial charge on any atom is 0.191 e. The standard InChI is InChI=1S/C23H39N5O.HI/c1-24-22(27-19-23(12-16-29-2)10-5-6-11-23)26-18-20-9-13-25-21(17-20)28-14-7-3-4-8-15-28;/h9,13,17H,3-8,10-12,14-16,18-19H2,1-2H3,(H2,24,26,27);1H. The molecule has 170 valence electrons. The second-order valence-electron chi connectivity index (χ2n) is 8.65. The number of halogens is 1. The van der Waals surface area contributed by atoms with Crippen LogP contribution in [0.5, 0.6) is 0 Å². The molecular formula is C23H40IN5O. The molecule has 0 radical (unpaired) electrons. The van der Waals surface area contributed by atoms with E-state index < -0.39 is 0 Å². The second kappa shape index (κ2) is 13.3. The van der Waals surface area contributed by atoms with Crippen molar-refractivity contribution in [2.45, 2.75) is 64.3 Å². The predicted molar refractivity (Wildman–Crippen MR) is 136 cm³/mol. The average Bonchev–Trinajstić information content (AvgIpc) is 3.05. The molecule has 3 rings (SSSR count). The number of guanidine groups is 1. The molecule has 30 heavy (non-hydrogen) atoms. The summed E-state index contributed by atoms with van der Waals surface area (Å²) < 4.78 is 5.35. The minimum absolute atomic E-state index is 0. The van der Waals surface area contributed by atoms with Crippen LogP contribution in [-0.4, -0.2) is 51.3 Å². The van der Waals surface area contributed by atoms with Gasteiger partial charge in [0.25, 0.3) is 0 Å². The van der Waals surface area contributed by atoms with Crippen molar-refractivity contribution in [3.63, 3.8) is 0 Å². The predicted octanol–water partition coefficient (Wildman–Crippen LogP) is 4.34. The Morgan fingerprint density at radius 2 is 1.87 bits per heavy atom. The van der Waals surface area contributed by atoms with Gasteiger partial charge >= 0.3 is 0 Å². The van der Waals surface area contributed by atoms with E-state index in [9.17, 15) is 0 Å². The van der Waals surface area contributed by atoms with Crippen molar-refractivity contribution in [1.29, 1.82) is 0 Å². The molecule has 6 nitrogen and oxygen atoms in total. The van der Waals surface area contributed by atoms with Crippen molar-refractivity contribution in [2.24, 2.45) is 10.4 Å². The van der Waals surface area contributed by atoms with Crippen LogP contribution in [0.4, 0.5) is 5.82 Å². The fraction of sp³-hybridized carbons (Fsp3) is 0.739. The lowest BCUT2D eigenvalue weighted by Crippen LogP contribution is -2.43. The molecule has 2 N–H and O–H groups in total. The third-order valence-corrected chi connectivity index (χ3v) is 6.56. The molecule has 1 aromatic rings. The van der Waals surface area contributed by atoms with Gasteiger partial charge in [-0.1, -0.05) is 25.7 Å². The summed E-state index contributed by atoms with van der Waals surface area (Å²) in [6.45, 7) is 4.80. The molecule has 2 heterocycles. The van der Waals surface area contributed by atoms with E-state index >= 15 is 0 Å². The van der Waals surface area contributed by atoms with Crippen LogP contribution < -0.4 is 15.5 Å². The average molecular weight is 530 g/mol. The van der Waals surface area contributed by atoms with E-state index in [4.69, 9.17) is 4.74 Å². The molecule has 0 atom stereocenters. The molecule has 2 aliphatic rings. The van der Waals surface area contributed by atoms with Crippen LogP contribution in [0.25, 0.3) is 0 Å². The van der Waals surface area contributed by atoms with Gasteiger partial charge in [-0.25, -0.2) is 4.98 Å². The zero-order valence-corrected chi connectivity index (χ0v) is 21.1. The maximum absolute atomic E-state index is 5.35. The number of anilines is 1. The highest BCUT2D eigenvalue weighted by atomic mass is 127. The molecule has 0 bridgehead atoms. The summed E-state index contributed by atoms with van der Waals surface area (Å²) in [7, 11) is 3.65. The number of pyridine rings is 1. The summed E-state index contributed by atoms with van der Waals surface area (Å²) in [5.74, 6) is 1.99. The number of hydrogen-bond acceptors (Lipinski definition) is 4. The lowest BCUT2D eigenvalue weighted by Gasteiger charge is -2.30. The van der Waals surface area contributed by atoms with Gasteiger partial charge in [0.2, 0.25) is 0 Å². The van der Waals surface area contributed by atoms with Crippen molar-refractivity contribution in [1.82, 2.24) is 15.6 Å². The number of rotatable bonds is 8. The van der Waals surface area contributed by atoms with Gasteiger partial charge in [-0.15, -0.1) is 24.0 Å². The largest absolute Gasteiger partial charge is 0.385 e. The summed E-state index contributed by atoms with van der Waals surface area (Å²) in [4.78, 5) is 11.5. The van der Waals surface area contributed by atoms with Crippen LogP contribution in [-0.2, 0) is 11.3 Å². The summed E-state index contributed by atoms with van der Waals surface area (Å²) >= 11 is 0. The highest BCUT2D eigenvalue weighted by Gasteiger charge is 2.33. The summed E-state index contributed by atoms with van der Waals surface area (Å²) in [6, 6.07) is 4.32. The summed E-state index contributed by atoms with van der Waals surface area (Å²) in [5.41, 5.74) is 1.60. The van der Waals surface area contributed by atoms with Gasteiger partial charge in [0.1, 0.15) is 5.82 Å². The first-order valence-electron chi connectivity index (χ1n) is 11.4. The third-order valence-electron chi connectivity index (χ3n) is 6.56. The Labute approximate surface area is 199 Å². The number of methoxy groups -OCH3 is 1. The van der Waals surface area contributed by atoms with Crippen LogP contribution in [0, 0.1) is 5.41 Å². The minimum atomic E-state index is 0. The molecule has 0 spiro atoms. The Morgan fingerprint density at radius 1 is 1.13 bits per heavy atom. The highest BCUT2D eigenvalue weighted by Crippen LogP contribution is 2.40. The molecule has 0 unspecified atom stereocenters. The van der Waals surface area contributed by atoms with Gasteiger partial charge in [-0.05, 0) is 55.2 Å². The summed E-state index contributed by atoms with van der Waals surface area (Å²) in [6.07, 6.45) is 13.5. The Hall–Kier alpha value is -1.09. The van der Waals surface area contributed by atoms with Crippen molar-refractivity contribution < 1.29 is 4.74 Å². The Balaban J connectivity index is 0.00000320. The van der Waals surface area contributed by atoms with E-state index in [1.54, 1.807) is 7.11 Å². The van der Waals surface area contributed by atoms with Gasteiger partial charge in [0, 0.05) is 53.1 Å².